The lowest BCUT2D eigenvalue weighted by molar-refractivity contribution is -0.152. The first-order valence-electron chi connectivity index (χ1n) is 11.3. The molecule has 2 aromatic carbocycles. The number of ether oxygens (including phenoxy) is 5. The molecule has 2 aliphatic rings. The summed E-state index contributed by atoms with van der Waals surface area (Å²) in [5, 5.41) is 0. The summed E-state index contributed by atoms with van der Waals surface area (Å²) in [6.45, 7) is 10.0. The van der Waals surface area contributed by atoms with Gasteiger partial charge in [0, 0.05) is 22.0 Å². The smallest absolute Gasteiger partial charge is 0.132 e. The Morgan fingerprint density at radius 3 is 1.45 bits per heavy atom. The first kappa shape index (κ1) is 22.3. The van der Waals surface area contributed by atoms with Gasteiger partial charge in [0.2, 0.25) is 0 Å². The van der Waals surface area contributed by atoms with Crippen molar-refractivity contribution in [3.63, 3.8) is 0 Å². The van der Waals surface area contributed by atoms with Crippen molar-refractivity contribution < 1.29 is 23.7 Å². The highest BCUT2D eigenvalue weighted by atomic mass is 16.5. The van der Waals surface area contributed by atoms with Gasteiger partial charge in [0.25, 0.3) is 0 Å². The third kappa shape index (κ3) is 5.29. The molecule has 2 aromatic rings. The molecule has 0 atom stereocenters. The van der Waals surface area contributed by atoms with Gasteiger partial charge in [-0.25, -0.2) is 0 Å². The quantitative estimate of drug-likeness (QED) is 0.457. The van der Waals surface area contributed by atoms with E-state index >= 15 is 0 Å². The average Bonchev–Trinajstić information content (AvgIpc) is 2.74. The molecule has 0 aromatic heterocycles. The van der Waals surface area contributed by atoms with Gasteiger partial charge in [-0.1, -0.05) is 50.2 Å². The van der Waals surface area contributed by atoms with Crippen LogP contribution in [0.4, 0.5) is 0 Å². The fourth-order valence-corrected chi connectivity index (χ4v) is 3.88. The van der Waals surface area contributed by atoms with Crippen molar-refractivity contribution in [2.45, 2.75) is 39.9 Å². The normalized spacial score (nSPS) is 18.8. The predicted molar refractivity (Wildman–Crippen MR) is 119 cm³/mol. The van der Waals surface area contributed by atoms with Gasteiger partial charge in [0.05, 0.1) is 52.9 Å². The second-order valence-corrected chi connectivity index (χ2v) is 9.00. The minimum atomic E-state index is 0.182. The van der Waals surface area contributed by atoms with Crippen molar-refractivity contribution in [3.05, 3.63) is 59.7 Å². The molecular formula is C26H34O5. The number of hydrogen-bond donors (Lipinski definition) is 0. The van der Waals surface area contributed by atoms with E-state index in [-0.39, 0.29) is 10.8 Å². The van der Waals surface area contributed by atoms with Gasteiger partial charge in [-0.15, -0.1) is 0 Å². The van der Waals surface area contributed by atoms with E-state index in [1.807, 2.05) is 36.4 Å². The Labute approximate surface area is 185 Å². The lowest BCUT2D eigenvalue weighted by atomic mass is 9.84. The number of benzene rings is 2. The maximum absolute atomic E-state index is 6.33. The van der Waals surface area contributed by atoms with Crippen molar-refractivity contribution in [2.75, 3.05) is 39.6 Å². The molecule has 2 aliphatic heterocycles. The van der Waals surface area contributed by atoms with Crippen LogP contribution in [0.15, 0.2) is 48.5 Å². The van der Waals surface area contributed by atoms with Gasteiger partial charge >= 0.3 is 0 Å². The largest absolute Gasteiger partial charge is 0.457 e. The molecule has 5 heteroatoms. The van der Waals surface area contributed by atoms with Crippen LogP contribution in [-0.2, 0) is 32.2 Å². The van der Waals surface area contributed by atoms with Crippen LogP contribution in [0.2, 0.25) is 0 Å². The van der Waals surface area contributed by atoms with Gasteiger partial charge in [-0.05, 0) is 25.0 Å². The molecule has 0 amide bonds. The second kappa shape index (κ2) is 10.1. The van der Waals surface area contributed by atoms with Crippen molar-refractivity contribution in [1.82, 2.24) is 0 Å². The average molecular weight is 427 g/mol. The molecule has 168 valence electrons. The molecule has 0 aliphatic carbocycles. The highest BCUT2D eigenvalue weighted by Crippen LogP contribution is 2.34. The van der Waals surface area contributed by atoms with Crippen molar-refractivity contribution in [1.29, 1.82) is 0 Å². The minimum Gasteiger partial charge on any atom is -0.457 e. The Bertz CT molecular complexity index is 761. The fraction of sp³-hybridized carbons (Fsp3) is 0.538. The summed E-state index contributed by atoms with van der Waals surface area (Å²) >= 11 is 0. The summed E-state index contributed by atoms with van der Waals surface area (Å²) in [5.41, 5.74) is 2.45. The summed E-state index contributed by atoms with van der Waals surface area (Å²) in [4.78, 5) is 0. The van der Waals surface area contributed by atoms with E-state index in [0.29, 0.717) is 26.4 Å². The van der Waals surface area contributed by atoms with E-state index in [2.05, 4.69) is 26.0 Å². The Kier molecular flexibility index (Phi) is 7.28. The topological polar surface area (TPSA) is 46.2 Å². The van der Waals surface area contributed by atoms with Crippen molar-refractivity contribution in [2.24, 2.45) is 10.8 Å². The Hall–Kier alpha value is -1.92. The van der Waals surface area contributed by atoms with Crippen LogP contribution in [0.5, 0.6) is 11.5 Å². The number of para-hydroxylation sites is 2. The van der Waals surface area contributed by atoms with Gasteiger partial charge in [-0.2, -0.15) is 0 Å². The number of rotatable bonds is 12. The molecule has 0 spiro atoms. The monoisotopic (exact) mass is 426 g/mol. The van der Waals surface area contributed by atoms with E-state index in [0.717, 1.165) is 61.9 Å². The van der Waals surface area contributed by atoms with E-state index in [4.69, 9.17) is 23.7 Å². The first-order chi connectivity index (χ1) is 15.2. The maximum atomic E-state index is 6.33. The Morgan fingerprint density at radius 1 is 0.677 bits per heavy atom. The summed E-state index contributed by atoms with van der Waals surface area (Å²) in [7, 11) is 0. The van der Waals surface area contributed by atoms with E-state index in [1.165, 1.54) is 0 Å². The second-order valence-electron chi connectivity index (χ2n) is 9.00. The first-order valence-corrected chi connectivity index (χ1v) is 11.3. The molecule has 31 heavy (non-hydrogen) atoms. The SMILES string of the molecule is CCC1(COCc2ccccc2Oc2ccccc2COCC2(CC)COC2)COC1. The lowest BCUT2D eigenvalue weighted by Gasteiger charge is -2.40. The molecule has 2 saturated heterocycles. The van der Waals surface area contributed by atoms with Crippen LogP contribution in [0.1, 0.15) is 37.8 Å². The summed E-state index contributed by atoms with van der Waals surface area (Å²) in [6.07, 6.45) is 2.15. The molecule has 4 rings (SSSR count). The van der Waals surface area contributed by atoms with E-state index in [9.17, 15) is 0 Å². The van der Waals surface area contributed by atoms with Crippen LogP contribution >= 0.6 is 0 Å². The molecule has 2 heterocycles. The molecule has 2 fully saturated rings. The predicted octanol–water partition coefficient (Wildman–Crippen LogP) is 5.37. The van der Waals surface area contributed by atoms with Crippen molar-refractivity contribution in [3.8, 4) is 11.5 Å². The maximum Gasteiger partial charge on any atom is 0.132 e. The third-order valence-electron chi connectivity index (χ3n) is 6.63. The van der Waals surface area contributed by atoms with Gasteiger partial charge in [0.15, 0.2) is 0 Å². The molecule has 0 unspecified atom stereocenters. The van der Waals surface area contributed by atoms with Crippen LogP contribution in [0.3, 0.4) is 0 Å². The summed E-state index contributed by atoms with van der Waals surface area (Å²) < 4.78 is 29.2. The molecule has 0 saturated carbocycles. The Morgan fingerprint density at radius 2 is 1.10 bits per heavy atom. The van der Waals surface area contributed by atoms with E-state index in [1.54, 1.807) is 0 Å². The van der Waals surface area contributed by atoms with Crippen molar-refractivity contribution >= 4 is 0 Å². The van der Waals surface area contributed by atoms with Gasteiger partial charge in [0.1, 0.15) is 11.5 Å². The van der Waals surface area contributed by atoms with Gasteiger partial charge in [-0.3, -0.25) is 0 Å². The molecule has 5 nitrogen and oxygen atoms in total. The zero-order valence-corrected chi connectivity index (χ0v) is 18.7. The zero-order valence-electron chi connectivity index (χ0n) is 18.7. The van der Waals surface area contributed by atoms with E-state index < -0.39 is 0 Å². The molecular weight excluding hydrogens is 392 g/mol. The highest BCUT2D eigenvalue weighted by molar-refractivity contribution is 5.41. The molecule has 0 radical (unpaired) electrons. The van der Waals surface area contributed by atoms with Crippen LogP contribution < -0.4 is 4.74 Å². The number of hydrogen-bond acceptors (Lipinski definition) is 5. The standard InChI is InChI=1S/C26H34O5/c1-3-25(17-29-18-25)15-27-13-21-9-5-7-11-23(21)31-24-12-8-6-10-22(24)14-28-16-26(4-2)19-30-20-26/h5-12H,3-4,13-20H2,1-2H3. The Balaban J connectivity index is 1.36. The highest BCUT2D eigenvalue weighted by Gasteiger charge is 2.37. The van der Waals surface area contributed by atoms with Gasteiger partial charge < -0.3 is 23.7 Å². The molecule has 0 bridgehead atoms. The van der Waals surface area contributed by atoms with Crippen LogP contribution in [0, 0.1) is 10.8 Å². The fourth-order valence-electron chi connectivity index (χ4n) is 3.88. The zero-order chi connectivity index (χ0) is 21.6. The van der Waals surface area contributed by atoms with Crippen LogP contribution in [0.25, 0.3) is 0 Å². The van der Waals surface area contributed by atoms with Crippen LogP contribution in [-0.4, -0.2) is 39.6 Å². The molecule has 0 N–H and O–H groups in total. The summed E-state index contributed by atoms with van der Waals surface area (Å²) in [6, 6.07) is 16.1. The summed E-state index contributed by atoms with van der Waals surface area (Å²) in [5.74, 6) is 1.64. The minimum absolute atomic E-state index is 0.182. The lowest BCUT2D eigenvalue weighted by Crippen LogP contribution is -2.45. The third-order valence-corrected chi connectivity index (χ3v) is 6.63.